The van der Waals surface area contributed by atoms with Crippen LogP contribution in [0.3, 0.4) is 0 Å². The highest BCUT2D eigenvalue weighted by Crippen LogP contribution is 2.23. The van der Waals surface area contributed by atoms with Gasteiger partial charge in [-0.1, -0.05) is 48.0 Å². The number of benzene rings is 2. The second-order valence-electron chi connectivity index (χ2n) is 5.16. The van der Waals surface area contributed by atoms with Crippen LogP contribution < -0.4 is 10.2 Å². The van der Waals surface area contributed by atoms with Crippen LogP contribution in [-0.4, -0.2) is 21.7 Å². The lowest BCUT2D eigenvalue weighted by molar-refractivity contribution is 0.905. The number of aromatic nitrogens is 3. The Bertz CT molecular complexity index is 794. The van der Waals surface area contributed by atoms with Gasteiger partial charge in [-0.15, -0.1) is 5.10 Å². The molecule has 0 aliphatic heterocycles. The molecule has 1 N–H and O–H groups in total. The largest absolute Gasteiger partial charge is 0.349 e. The summed E-state index contributed by atoms with van der Waals surface area (Å²) in [5, 5.41) is 12.0. The molecular weight excluding hydrogens is 322 g/mol. The third-order valence-electron chi connectivity index (χ3n) is 3.60. The smallest absolute Gasteiger partial charge is 0.244 e. The van der Waals surface area contributed by atoms with Crippen molar-refractivity contribution in [3.63, 3.8) is 0 Å². The molecule has 1 aromatic heterocycles. The van der Waals surface area contributed by atoms with E-state index in [1.807, 2.05) is 54.6 Å². The molecule has 1 heterocycles. The van der Waals surface area contributed by atoms with E-state index in [-0.39, 0.29) is 0 Å². The summed E-state index contributed by atoms with van der Waals surface area (Å²) in [6, 6.07) is 17.8. The molecule has 122 valence electrons. The first-order valence-electron chi connectivity index (χ1n) is 7.77. The highest BCUT2D eigenvalue weighted by Gasteiger charge is 2.10. The van der Waals surface area contributed by atoms with Crippen LogP contribution in [0.4, 0.5) is 17.5 Å². The summed E-state index contributed by atoms with van der Waals surface area (Å²) in [7, 11) is 0. The Kier molecular flexibility index (Phi) is 5.23. The van der Waals surface area contributed by atoms with E-state index in [1.165, 1.54) is 0 Å². The molecule has 0 fully saturated rings. The molecule has 5 nitrogen and oxygen atoms in total. The Labute approximate surface area is 146 Å². The summed E-state index contributed by atoms with van der Waals surface area (Å²) in [5.74, 6) is 1.22. The van der Waals surface area contributed by atoms with Crippen molar-refractivity contribution in [1.82, 2.24) is 15.2 Å². The van der Waals surface area contributed by atoms with Gasteiger partial charge in [-0.3, -0.25) is 0 Å². The van der Waals surface area contributed by atoms with E-state index in [0.717, 1.165) is 23.6 Å². The van der Waals surface area contributed by atoms with Crippen LogP contribution in [-0.2, 0) is 6.54 Å². The second kappa shape index (κ2) is 7.75. The zero-order chi connectivity index (χ0) is 16.8. The minimum atomic E-state index is 0.474. The fourth-order valence-corrected chi connectivity index (χ4v) is 2.60. The maximum atomic E-state index is 6.17. The Morgan fingerprint density at radius 1 is 1.04 bits per heavy atom. The molecule has 24 heavy (non-hydrogen) atoms. The summed E-state index contributed by atoms with van der Waals surface area (Å²) in [5.41, 5.74) is 2.06. The molecule has 0 unspecified atom stereocenters. The molecule has 0 bridgehead atoms. The van der Waals surface area contributed by atoms with Crippen LogP contribution >= 0.6 is 11.6 Å². The maximum Gasteiger partial charge on any atom is 0.244 e. The molecule has 0 atom stereocenters. The van der Waals surface area contributed by atoms with Gasteiger partial charge in [0, 0.05) is 23.8 Å². The van der Waals surface area contributed by atoms with Crippen molar-refractivity contribution < 1.29 is 0 Å². The standard InChI is InChI=1S/C18H18ClN5/c1-2-24(15-9-4-3-5-10-15)17-13-21-23-18(22-17)20-12-14-8-6-7-11-16(14)19/h3-11,13H,2,12H2,1H3,(H,20,22,23). The van der Waals surface area contributed by atoms with Crippen LogP contribution in [0.5, 0.6) is 0 Å². The normalized spacial score (nSPS) is 10.4. The lowest BCUT2D eigenvalue weighted by atomic mass is 10.2. The van der Waals surface area contributed by atoms with E-state index < -0.39 is 0 Å². The number of nitrogens with zero attached hydrogens (tertiary/aromatic N) is 4. The zero-order valence-electron chi connectivity index (χ0n) is 13.4. The number of nitrogens with one attached hydrogen (secondary N) is 1. The summed E-state index contributed by atoms with van der Waals surface area (Å²) >= 11 is 6.17. The Balaban J connectivity index is 1.77. The van der Waals surface area contributed by atoms with E-state index in [4.69, 9.17) is 11.6 Å². The number of halogens is 1. The highest BCUT2D eigenvalue weighted by molar-refractivity contribution is 6.31. The Morgan fingerprint density at radius 2 is 1.79 bits per heavy atom. The quantitative estimate of drug-likeness (QED) is 0.725. The van der Waals surface area contributed by atoms with Crippen LogP contribution in [0.2, 0.25) is 5.02 Å². The Morgan fingerprint density at radius 3 is 2.54 bits per heavy atom. The van der Waals surface area contributed by atoms with Gasteiger partial charge in [0.1, 0.15) is 0 Å². The Hall–Kier alpha value is -2.66. The molecule has 3 aromatic rings. The predicted molar refractivity (Wildman–Crippen MR) is 97.7 cm³/mol. The summed E-state index contributed by atoms with van der Waals surface area (Å²) in [6.45, 7) is 3.40. The molecule has 0 aliphatic rings. The van der Waals surface area contributed by atoms with Gasteiger partial charge in [0.15, 0.2) is 5.82 Å². The fourth-order valence-electron chi connectivity index (χ4n) is 2.40. The zero-order valence-corrected chi connectivity index (χ0v) is 14.1. The first-order chi connectivity index (χ1) is 11.8. The molecule has 2 aromatic carbocycles. The van der Waals surface area contributed by atoms with Gasteiger partial charge in [-0.25, -0.2) is 0 Å². The van der Waals surface area contributed by atoms with Crippen molar-refractivity contribution in [2.24, 2.45) is 0 Å². The van der Waals surface area contributed by atoms with Crippen molar-refractivity contribution in [3.05, 3.63) is 71.4 Å². The number of anilines is 3. The number of rotatable bonds is 6. The average molecular weight is 340 g/mol. The van der Waals surface area contributed by atoms with Crippen molar-refractivity contribution in [3.8, 4) is 0 Å². The predicted octanol–water partition coefficient (Wildman–Crippen LogP) is 4.30. The molecule has 0 saturated heterocycles. The first-order valence-corrected chi connectivity index (χ1v) is 8.15. The summed E-state index contributed by atoms with van der Waals surface area (Å²) in [6.07, 6.45) is 1.66. The lowest BCUT2D eigenvalue weighted by Gasteiger charge is -2.21. The lowest BCUT2D eigenvalue weighted by Crippen LogP contribution is -2.18. The monoisotopic (exact) mass is 339 g/mol. The molecule has 0 spiro atoms. The van der Waals surface area contributed by atoms with E-state index >= 15 is 0 Å². The van der Waals surface area contributed by atoms with Gasteiger partial charge in [-0.05, 0) is 30.7 Å². The fraction of sp³-hybridized carbons (Fsp3) is 0.167. The van der Waals surface area contributed by atoms with Crippen molar-refractivity contribution in [1.29, 1.82) is 0 Å². The van der Waals surface area contributed by atoms with E-state index in [0.29, 0.717) is 17.5 Å². The second-order valence-corrected chi connectivity index (χ2v) is 5.57. The van der Waals surface area contributed by atoms with Gasteiger partial charge in [0.25, 0.3) is 0 Å². The summed E-state index contributed by atoms with van der Waals surface area (Å²) < 4.78 is 0. The summed E-state index contributed by atoms with van der Waals surface area (Å²) in [4.78, 5) is 6.64. The minimum Gasteiger partial charge on any atom is -0.349 e. The van der Waals surface area contributed by atoms with Gasteiger partial charge in [0.05, 0.1) is 6.20 Å². The molecule has 0 radical (unpaired) electrons. The molecule has 0 saturated carbocycles. The molecule has 0 amide bonds. The highest BCUT2D eigenvalue weighted by atomic mass is 35.5. The third kappa shape index (κ3) is 3.81. The van der Waals surface area contributed by atoms with Gasteiger partial charge in [0.2, 0.25) is 5.95 Å². The molecule has 0 aliphatic carbocycles. The maximum absolute atomic E-state index is 6.17. The topological polar surface area (TPSA) is 53.9 Å². The van der Waals surface area contributed by atoms with Crippen molar-refractivity contribution >= 4 is 29.1 Å². The van der Waals surface area contributed by atoms with Crippen LogP contribution in [0, 0.1) is 0 Å². The van der Waals surface area contributed by atoms with Crippen LogP contribution in [0.15, 0.2) is 60.8 Å². The first kappa shape index (κ1) is 16.2. The van der Waals surface area contributed by atoms with E-state index in [1.54, 1.807) is 6.20 Å². The van der Waals surface area contributed by atoms with Crippen molar-refractivity contribution in [2.45, 2.75) is 13.5 Å². The average Bonchev–Trinajstić information content (AvgIpc) is 2.63. The molecule has 3 rings (SSSR count). The number of para-hydroxylation sites is 1. The van der Waals surface area contributed by atoms with Crippen LogP contribution in [0.25, 0.3) is 0 Å². The minimum absolute atomic E-state index is 0.474. The molecule has 6 heteroatoms. The number of hydrogen-bond donors (Lipinski definition) is 1. The number of hydrogen-bond acceptors (Lipinski definition) is 5. The van der Waals surface area contributed by atoms with Gasteiger partial charge < -0.3 is 10.2 Å². The van der Waals surface area contributed by atoms with Gasteiger partial charge in [-0.2, -0.15) is 10.1 Å². The van der Waals surface area contributed by atoms with Crippen LogP contribution in [0.1, 0.15) is 12.5 Å². The van der Waals surface area contributed by atoms with Crippen molar-refractivity contribution in [2.75, 3.05) is 16.8 Å². The van der Waals surface area contributed by atoms with E-state index in [9.17, 15) is 0 Å². The van der Waals surface area contributed by atoms with E-state index in [2.05, 4.69) is 32.3 Å². The third-order valence-corrected chi connectivity index (χ3v) is 3.97. The SMILES string of the molecule is CCN(c1ccccc1)c1cnnc(NCc2ccccc2Cl)n1. The molecular formula is C18H18ClN5. The van der Waals surface area contributed by atoms with Gasteiger partial charge >= 0.3 is 0 Å².